The second kappa shape index (κ2) is 7.84. The first-order valence-corrected chi connectivity index (χ1v) is 9.54. The van der Waals surface area contributed by atoms with Gasteiger partial charge in [-0.2, -0.15) is 0 Å². The molecule has 0 bridgehead atoms. The zero-order chi connectivity index (χ0) is 19.7. The van der Waals surface area contributed by atoms with Crippen molar-refractivity contribution in [3.05, 3.63) is 76.3 Å². The lowest BCUT2D eigenvalue weighted by Gasteiger charge is -2.15. The number of hydrogen-bond acceptors (Lipinski definition) is 3. The molecule has 3 aromatic carbocycles. The summed E-state index contributed by atoms with van der Waals surface area (Å²) in [5, 5.41) is 13.8. The molecule has 1 atom stereocenters. The van der Waals surface area contributed by atoms with Crippen molar-refractivity contribution in [3.63, 3.8) is 0 Å². The van der Waals surface area contributed by atoms with Crippen LogP contribution in [-0.2, 0) is 6.54 Å². The molecular formula is C22H17Cl2NO3. The van der Waals surface area contributed by atoms with Crippen molar-refractivity contribution in [1.29, 1.82) is 0 Å². The number of carbonyl (C=O) groups excluding carboxylic acids is 1. The van der Waals surface area contributed by atoms with E-state index in [0.717, 1.165) is 28.1 Å². The number of aliphatic hydroxyl groups excluding tert-OH is 1. The second-order valence-corrected chi connectivity index (χ2v) is 7.46. The standard InChI is InChI=1S/C22H17Cl2NO3/c23-15-3-7-21-19(9-15)20-10-16(24)4-8-22(20)25(21)11-17(27)13-28-18-5-1-14(12-26)2-6-18/h1-10,12,17,27H,11,13H2/t17-/m1/s1. The molecule has 1 N–H and O–H groups in total. The second-order valence-electron chi connectivity index (χ2n) is 6.59. The number of benzene rings is 3. The number of fused-ring (bicyclic) bond motifs is 3. The summed E-state index contributed by atoms with van der Waals surface area (Å²) in [7, 11) is 0. The van der Waals surface area contributed by atoms with Gasteiger partial charge in [0.25, 0.3) is 0 Å². The van der Waals surface area contributed by atoms with Gasteiger partial charge in [-0.3, -0.25) is 4.79 Å². The molecule has 1 heterocycles. The fraction of sp³-hybridized carbons (Fsp3) is 0.136. The van der Waals surface area contributed by atoms with Gasteiger partial charge in [-0.25, -0.2) is 0 Å². The van der Waals surface area contributed by atoms with Crippen molar-refractivity contribution >= 4 is 51.3 Å². The molecule has 0 aliphatic rings. The van der Waals surface area contributed by atoms with Gasteiger partial charge in [-0.05, 0) is 60.7 Å². The Morgan fingerprint density at radius 2 is 1.50 bits per heavy atom. The third kappa shape index (κ3) is 3.72. The number of hydrogen-bond donors (Lipinski definition) is 1. The normalized spacial score (nSPS) is 12.4. The van der Waals surface area contributed by atoms with E-state index >= 15 is 0 Å². The Hall–Kier alpha value is -2.53. The van der Waals surface area contributed by atoms with Crippen LogP contribution < -0.4 is 4.74 Å². The number of aliphatic hydroxyl groups is 1. The van der Waals surface area contributed by atoms with Gasteiger partial charge in [0.2, 0.25) is 0 Å². The van der Waals surface area contributed by atoms with E-state index in [4.69, 9.17) is 27.9 Å². The first-order chi connectivity index (χ1) is 13.5. The van der Waals surface area contributed by atoms with Crippen LogP contribution in [-0.4, -0.2) is 28.7 Å². The summed E-state index contributed by atoms with van der Waals surface area (Å²) in [5.41, 5.74) is 2.52. The fourth-order valence-electron chi connectivity index (χ4n) is 3.34. The highest BCUT2D eigenvalue weighted by molar-refractivity contribution is 6.33. The number of nitrogens with zero attached hydrogens (tertiary/aromatic N) is 1. The van der Waals surface area contributed by atoms with E-state index in [1.807, 2.05) is 41.0 Å². The maximum atomic E-state index is 10.7. The molecule has 28 heavy (non-hydrogen) atoms. The Kier molecular flexibility index (Phi) is 5.27. The van der Waals surface area contributed by atoms with Crippen LogP contribution in [0.4, 0.5) is 0 Å². The molecule has 4 nitrogen and oxygen atoms in total. The van der Waals surface area contributed by atoms with E-state index in [1.165, 1.54) is 0 Å². The molecule has 4 rings (SSSR count). The topological polar surface area (TPSA) is 51.5 Å². The van der Waals surface area contributed by atoms with E-state index in [1.54, 1.807) is 24.3 Å². The van der Waals surface area contributed by atoms with E-state index in [0.29, 0.717) is 27.9 Å². The maximum absolute atomic E-state index is 10.7. The maximum Gasteiger partial charge on any atom is 0.150 e. The third-order valence-electron chi connectivity index (χ3n) is 4.64. The zero-order valence-electron chi connectivity index (χ0n) is 14.8. The van der Waals surface area contributed by atoms with Crippen molar-refractivity contribution in [2.45, 2.75) is 12.6 Å². The molecule has 0 saturated carbocycles. The number of rotatable bonds is 6. The smallest absolute Gasteiger partial charge is 0.150 e. The van der Waals surface area contributed by atoms with Gasteiger partial charge in [0.15, 0.2) is 0 Å². The largest absolute Gasteiger partial charge is 0.491 e. The van der Waals surface area contributed by atoms with Crippen LogP contribution in [0.25, 0.3) is 21.8 Å². The molecule has 0 amide bonds. The minimum absolute atomic E-state index is 0.128. The lowest BCUT2D eigenvalue weighted by atomic mass is 10.1. The first kappa shape index (κ1) is 18.8. The molecular weight excluding hydrogens is 397 g/mol. The molecule has 142 valence electrons. The van der Waals surface area contributed by atoms with Crippen molar-refractivity contribution < 1.29 is 14.6 Å². The van der Waals surface area contributed by atoms with Crippen molar-refractivity contribution in [2.75, 3.05) is 6.61 Å². The number of aldehydes is 1. The Balaban J connectivity index is 1.60. The van der Waals surface area contributed by atoms with Gasteiger partial charge in [-0.1, -0.05) is 23.2 Å². The molecule has 4 aromatic rings. The molecule has 0 saturated heterocycles. The molecule has 0 aliphatic heterocycles. The van der Waals surface area contributed by atoms with Crippen molar-refractivity contribution in [2.24, 2.45) is 0 Å². The number of aromatic nitrogens is 1. The SMILES string of the molecule is O=Cc1ccc(OC[C@H](O)Cn2c3ccc(Cl)cc3c3cc(Cl)ccc32)cc1. The Labute approximate surface area is 171 Å². The number of halogens is 2. The Morgan fingerprint density at radius 3 is 2.04 bits per heavy atom. The highest BCUT2D eigenvalue weighted by Crippen LogP contribution is 2.33. The first-order valence-electron chi connectivity index (χ1n) is 8.78. The average molecular weight is 414 g/mol. The Morgan fingerprint density at radius 1 is 0.929 bits per heavy atom. The quantitative estimate of drug-likeness (QED) is 0.433. The molecule has 6 heteroatoms. The van der Waals surface area contributed by atoms with E-state index in [-0.39, 0.29) is 6.61 Å². The van der Waals surface area contributed by atoms with Gasteiger partial charge < -0.3 is 14.4 Å². The van der Waals surface area contributed by atoms with Crippen LogP contribution >= 0.6 is 23.2 Å². The molecule has 0 aliphatic carbocycles. The number of ether oxygens (including phenoxy) is 1. The van der Waals surface area contributed by atoms with Gasteiger partial charge in [-0.15, -0.1) is 0 Å². The van der Waals surface area contributed by atoms with Crippen molar-refractivity contribution in [1.82, 2.24) is 4.57 Å². The fourth-order valence-corrected chi connectivity index (χ4v) is 3.69. The highest BCUT2D eigenvalue weighted by atomic mass is 35.5. The molecule has 0 fully saturated rings. The molecule has 1 aromatic heterocycles. The highest BCUT2D eigenvalue weighted by Gasteiger charge is 2.15. The van der Waals surface area contributed by atoms with Crippen molar-refractivity contribution in [3.8, 4) is 5.75 Å². The van der Waals surface area contributed by atoms with Crippen LogP contribution in [0.15, 0.2) is 60.7 Å². The molecule has 0 radical (unpaired) electrons. The third-order valence-corrected chi connectivity index (χ3v) is 5.11. The van der Waals surface area contributed by atoms with Gasteiger partial charge in [0, 0.05) is 37.4 Å². The Bertz CT molecular complexity index is 1090. The van der Waals surface area contributed by atoms with Crippen LogP contribution in [0.1, 0.15) is 10.4 Å². The predicted octanol–water partition coefficient (Wildman–Crippen LogP) is 5.35. The minimum Gasteiger partial charge on any atom is -0.491 e. The van der Waals surface area contributed by atoms with Crippen LogP contribution in [0, 0.1) is 0 Å². The summed E-state index contributed by atoms with van der Waals surface area (Å²) in [6.45, 7) is 0.485. The summed E-state index contributed by atoms with van der Waals surface area (Å²) >= 11 is 12.4. The van der Waals surface area contributed by atoms with Crippen LogP contribution in [0.3, 0.4) is 0 Å². The lowest BCUT2D eigenvalue weighted by molar-refractivity contribution is 0.0944. The van der Waals surface area contributed by atoms with Crippen LogP contribution in [0.5, 0.6) is 5.75 Å². The summed E-state index contributed by atoms with van der Waals surface area (Å²) in [6.07, 6.45) is 0.0512. The lowest BCUT2D eigenvalue weighted by Crippen LogP contribution is -2.23. The van der Waals surface area contributed by atoms with E-state index in [9.17, 15) is 9.90 Å². The molecule has 0 unspecified atom stereocenters. The summed E-state index contributed by atoms with van der Waals surface area (Å²) < 4.78 is 7.70. The summed E-state index contributed by atoms with van der Waals surface area (Å²) in [6, 6.07) is 18.1. The number of carbonyl (C=O) groups is 1. The summed E-state index contributed by atoms with van der Waals surface area (Å²) in [5.74, 6) is 0.602. The summed E-state index contributed by atoms with van der Waals surface area (Å²) in [4.78, 5) is 10.7. The van der Waals surface area contributed by atoms with Gasteiger partial charge >= 0.3 is 0 Å². The monoisotopic (exact) mass is 413 g/mol. The van der Waals surface area contributed by atoms with Crippen LogP contribution in [0.2, 0.25) is 10.0 Å². The van der Waals surface area contributed by atoms with Gasteiger partial charge in [0.1, 0.15) is 24.7 Å². The predicted molar refractivity (Wildman–Crippen MR) is 113 cm³/mol. The average Bonchev–Trinajstić information content (AvgIpc) is 2.99. The van der Waals surface area contributed by atoms with E-state index in [2.05, 4.69) is 0 Å². The van der Waals surface area contributed by atoms with Gasteiger partial charge in [0.05, 0.1) is 6.54 Å². The zero-order valence-corrected chi connectivity index (χ0v) is 16.3. The molecule has 0 spiro atoms. The van der Waals surface area contributed by atoms with E-state index < -0.39 is 6.10 Å². The minimum atomic E-state index is -0.726.